The predicted molar refractivity (Wildman–Crippen MR) is 116 cm³/mol. The number of ether oxygens (including phenoxy) is 1. The van der Waals surface area contributed by atoms with Crippen LogP contribution in [0.2, 0.25) is 20.1 Å². The first kappa shape index (κ1) is 21.3. The van der Waals surface area contributed by atoms with Crippen LogP contribution in [0.5, 0.6) is 11.5 Å². The number of benzene rings is 3. The van der Waals surface area contributed by atoms with Gasteiger partial charge in [-0.05, 0) is 42.5 Å². The van der Waals surface area contributed by atoms with Crippen LogP contribution < -0.4 is 15.4 Å². The third kappa shape index (κ3) is 5.34. The Kier molecular flexibility index (Phi) is 6.87. The number of imide groups is 1. The van der Waals surface area contributed by atoms with Crippen LogP contribution in [0.15, 0.2) is 60.7 Å². The van der Waals surface area contributed by atoms with Crippen LogP contribution in [0.1, 0.15) is 10.4 Å². The minimum atomic E-state index is -0.788. The molecule has 5 nitrogen and oxygen atoms in total. The average molecular weight is 470 g/mol. The average Bonchev–Trinajstić information content (AvgIpc) is 2.65. The summed E-state index contributed by atoms with van der Waals surface area (Å²) in [6.45, 7) is 0. The molecule has 0 heterocycles. The first-order chi connectivity index (χ1) is 13.8. The van der Waals surface area contributed by atoms with E-state index in [1.807, 2.05) is 0 Å². The van der Waals surface area contributed by atoms with E-state index in [0.717, 1.165) is 0 Å². The zero-order valence-corrected chi connectivity index (χ0v) is 17.5. The van der Waals surface area contributed by atoms with E-state index in [1.54, 1.807) is 42.5 Å². The van der Waals surface area contributed by atoms with Crippen molar-refractivity contribution in [2.75, 3.05) is 5.32 Å². The molecule has 2 N–H and O–H groups in total. The van der Waals surface area contributed by atoms with Crippen LogP contribution in [0.25, 0.3) is 0 Å². The molecule has 0 aliphatic carbocycles. The van der Waals surface area contributed by atoms with Gasteiger partial charge in [0.15, 0.2) is 5.75 Å². The van der Waals surface area contributed by atoms with Crippen molar-refractivity contribution < 1.29 is 14.3 Å². The lowest BCUT2D eigenvalue weighted by Crippen LogP contribution is -2.34. The second-order valence-corrected chi connectivity index (χ2v) is 7.34. The van der Waals surface area contributed by atoms with Crippen LogP contribution in [-0.2, 0) is 0 Å². The smallest absolute Gasteiger partial charge is 0.326 e. The number of para-hydroxylation sites is 2. The Hall–Kier alpha value is -2.44. The van der Waals surface area contributed by atoms with E-state index in [1.165, 1.54) is 18.2 Å². The van der Waals surface area contributed by atoms with Gasteiger partial charge in [0.05, 0.1) is 26.3 Å². The van der Waals surface area contributed by atoms with Gasteiger partial charge in [-0.3, -0.25) is 10.1 Å². The Morgan fingerprint density at radius 3 is 2.14 bits per heavy atom. The summed E-state index contributed by atoms with van der Waals surface area (Å²) in [5.74, 6) is -0.0722. The maximum absolute atomic E-state index is 12.3. The largest absolute Gasteiger partial charge is 0.454 e. The Morgan fingerprint density at radius 1 is 0.759 bits per heavy atom. The lowest BCUT2D eigenvalue weighted by atomic mass is 10.2. The van der Waals surface area contributed by atoms with Gasteiger partial charge >= 0.3 is 6.03 Å². The molecule has 0 fully saturated rings. The Balaban J connectivity index is 1.75. The van der Waals surface area contributed by atoms with Gasteiger partial charge in [0.2, 0.25) is 0 Å². The molecule has 0 aliphatic heterocycles. The number of amides is 3. The number of nitrogens with one attached hydrogen (secondary N) is 2. The zero-order chi connectivity index (χ0) is 21.0. The van der Waals surface area contributed by atoms with E-state index in [0.29, 0.717) is 27.2 Å². The van der Waals surface area contributed by atoms with Crippen molar-refractivity contribution in [3.05, 3.63) is 86.3 Å². The third-order valence-corrected chi connectivity index (χ3v) is 4.83. The molecule has 0 aliphatic rings. The van der Waals surface area contributed by atoms with Crippen molar-refractivity contribution in [3.8, 4) is 11.5 Å². The van der Waals surface area contributed by atoms with Crippen LogP contribution in [0.3, 0.4) is 0 Å². The van der Waals surface area contributed by atoms with E-state index < -0.39 is 11.9 Å². The summed E-state index contributed by atoms with van der Waals surface area (Å²) in [5, 5.41) is 5.76. The molecule has 148 valence electrons. The van der Waals surface area contributed by atoms with Gasteiger partial charge in [-0.25, -0.2) is 4.79 Å². The van der Waals surface area contributed by atoms with Gasteiger partial charge in [-0.2, -0.15) is 0 Å². The Bertz CT molecular complexity index is 1070. The molecule has 0 radical (unpaired) electrons. The molecule has 3 aromatic carbocycles. The minimum absolute atomic E-state index is 0.00321. The summed E-state index contributed by atoms with van der Waals surface area (Å²) in [7, 11) is 0. The van der Waals surface area contributed by atoms with E-state index in [-0.39, 0.29) is 15.6 Å². The number of anilines is 1. The van der Waals surface area contributed by atoms with Gasteiger partial charge in [0.1, 0.15) is 5.75 Å². The summed E-state index contributed by atoms with van der Waals surface area (Å²) in [6.07, 6.45) is 0. The van der Waals surface area contributed by atoms with Gasteiger partial charge in [0.25, 0.3) is 5.91 Å². The van der Waals surface area contributed by atoms with Crippen molar-refractivity contribution in [3.63, 3.8) is 0 Å². The third-order valence-electron chi connectivity index (χ3n) is 3.67. The quantitative estimate of drug-likeness (QED) is 0.429. The molecule has 0 aromatic heterocycles. The van der Waals surface area contributed by atoms with Gasteiger partial charge < -0.3 is 10.1 Å². The minimum Gasteiger partial charge on any atom is -0.454 e. The summed E-state index contributed by atoms with van der Waals surface area (Å²) in [6, 6.07) is 15.2. The second-order valence-electron chi connectivity index (χ2n) is 5.68. The second kappa shape index (κ2) is 9.37. The molecule has 0 saturated carbocycles. The molecule has 0 spiro atoms. The first-order valence-corrected chi connectivity index (χ1v) is 9.64. The Labute approximate surface area is 186 Å². The van der Waals surface area contributed by atoms with E-state index >= 15 is 0 Å². The molecular formula is C20H12Cl4N2O3. The normalized spacial score (nSPS) is 10.3. The molecule has 3 amide bonds. The van der Waals surface area contributed by atoms with E-state index in [4.69, 9.17) is 51.1 Å². The molecule has 9 heteroatoms. The van der Waals surface area contributed by atoms with Gasteiger partial charge in [-0.1, -0.05) is 64.6 Å². The highest BCUT2D eigenvalue weighted by Gasteiger charge is 2.18. The first-order valence-electron chi connectivity index (χ1n) is 8.13. The molecule has 0 saturated heterocycles. The number of carbonyl (C=O) groups excluding carboxylic acids is 2. The highest BCUT2D eigenvalue weighted by Crippen LogP contribution is 2.35. The molecule has 0 unspecified atom stereocenters. The fourth-order valence-corrected chi connectivity index (χ4v) is 3.39. The monoisotopic (exact) mass is 468 g/mol. The molecule has 0 bridgehead atoms. The molecule has 3 aromatic rings. The topological polar surface area (TPSA) is 67.4 Å². The number of rotatable bonds is 4. The lowest BCUT2D eigenvalue weighted by Gasteiger charge is -2.14. The zero-order valence-electron chi connectivity index (χ0n) is 14.5. The van der Waals surface area contributed by atoms with E-state index in [2.05, 4.69) is 10.6 Å². The van der Waals surface area contributed by atoms with Crippen molar-refractivity contribution in [1.82, 2.24) is 5.32 Å². The van der Waals surface area contributed by atoms with E-state index in [9.17, 15) is 9.59 Å². The fraction of sp³-hybridized carbons (Fsp3) is 0. The molecule has 29 heavy (non-hydrogen) atoms. The van der Waals surface area contributed by atoms with Crippen LogP contribution in [0, 0.1) is 0 Å². The summed E-state index contributed by atoms with van der Waals surface area (Å²) >= 11 is 24.0. The molecule has 3 rings (SSSR count). The predicted octanol–water partition coefficient (Wildman–Crippen LogP) is 7.05. The summed E-state index contributed by atoms with van der Waals surface area (Å²) < 4.78 is 5.76. The van der Waals surface area contributed by atoms with Crippen LogP contribution in [0.4, 0.5) is 10.5 Å². The maximum Gasteiger partial charge on any atom is 0.326 e. The fourth-order valence-electron chi connectivity index (χ4n) is 2.37. The highest BCUT2D eigenvalue weighted by molar-refractivity contribution is 6.40. The molecular weight excluding hydrogens is 458 g/mol. The van der Waals surface area contributed by atoms with Crippen LogP contribution >= 0.6 is 46.4 Å². The number of halogens is 4. The number of hydrogen-bond acceptors (Lipinski definition) is 3. The summed E-state index contributed by atoms with van der Waals surface area (Å²) in [4.78, 5) is 24.6. The maximum atomic E-state index is 12.3. The van der Waals surface area contributed by atoms with Crippen molar-refractivity contribution in [2.24, 2.45) is 0 Å². The van der Waals surface area contributed by atoms with Crippen molar-refractivity contribution >= 4 is 64.0 Å². The SMILES string of the molecule is O=C(NC(=O)c1c(Cl)cccc1Cl)Nc1ccccc1Oc1ccc(Cl)cc1Cl. The number of carbonyl (C=O) groups is 2. The number of hydrogen-bond donors (Lipinski definition) is 2. The summed E-state index contributed by atoms with van der Waals surface area (Å²) in [5.41, 5.74) is 0.317. The van der Waals surface area contributed by atoms with Crippen molar-refractivity contribution in [2.45, 2.75) is 0 Å². The van der Waals surface area contributed by atoms with Gasteiger partial charge in [0, 0.05) is 5.02 Å². The van der Waals surface area contributed by atoms with Gasteiger partial charge in [-0.15, -0.1) is 0 Å². The highest BCUT2D eigenvalue weighted by atomic mass is 35.5. The Morgan fingerprint density at radius 2 is 1.45 bits per heavy atom. The molecule has 0 atom stereocenters. The standard InChI is InChI=1S/C20H12Cl4N2O3/c21-11-8-9-16(14(24)10-11)29-17-7-2-1-6-15(17)25-20(28)26-19(27)18-12(22)4-3-5-13(18)23/h1-10H,(H2,25,26,27,28). The van der Waals surface area contributed by atoms with Crippen molar-refractivity contribution in [1.29, 1.82) is 0 Å². The number of urea groups is 1. The van der Waals surface area contributed by atoms with Crippen LogP contribution in [-0.4, -0.2) is 11.9 Å². The lowest BCUT2D eigenvalue weighted by molar-refractivity contribution is 0.0967.